The molecule has 3 aliphatic rings. The fourth-order valence-corrected chi connectivity index (χ4v) is 9.55. The van der Waals surface area contributed by atoms with Crippen molar-refractivity contribution in [2.24, 2.45) is 0 Å². The van der Waals surface area contributed by atoms with Gasteiger partial charge in [-0.25, -0.2) is 15.0 Å². The Morgan fingerprint density at radius 2 is 1.38 bits per heavy atom. The van der Waals surface area contributed by atoms with Gasteiger partial charge in [0.25, 0.3) is 11.8 Å². The molecular formula is C51H69N11O10S. The molecule has 2 aliphatic heterocycles. The zero-order valence-corrected chi connectivity index (χ0v) is 43.1. The maximum absolute atomic E-state index is 12.6. The Hall–Kier alpha value is -5.98. The summed E-state index contributed by atoms with van der Waals surface area (Å²) in [5.41, 5.74) is 4.46. The van der Waals surface area contributed by atoms with Crippen molar-refractivity contribution < 1.29 is 48.0 Å². The van der Waals surface area contributed by atoms with E-state index in [0.29, 0.717) is 136 Å². The van der Waals surface area contributed by atoms with Crippen LogP contribution in [0.3, 0.4) is 0 Å². The van der Waals surface area contributed by atoms with Crippen molar-refractivity contribution in [1.82, 2.24) is 35.5 Å². The minimum atomic E-state index is -1.05. The van der Waals surface area contributed by atoms with Crippen LogP contribution < -0.4 is 31.1 Å². The molecule has 5 N–H and O–H groups in total. The first-order valence-corrected chi connectivity index (χ1v) is 25.8. The van der Waals surface area contributed by atoms with E-state index in [1.807, 2.05) is 37.1 Å². The number of rotatable bonds is 28. The van der Waals surface area contributed by atoms with E-state index >= 15 is 0 Å². The number of benzene rings is 1. The van der Waals surface area contributed by atoms with E-state index in [4.69, 9.17) is 28.7 Å². The Balaban J connectivity index is 0.652. The molecule has 73 heavy (non-hydrogen) atoms. The first kappa shape index (κ1) is 54.8. The molecule has 21 nitrogen and oxygen atoms in total. The molecule has 0 spiro atoms. The van der Waals surface area contributed by atoms with Gasteiger partial charge in [-0.1, -0.05) is 12.8 Å². The van der Waals surface area contributed by atoms with Crippen molar-refractivity contribution in [3.05, 3.63) is 81.6 Å². The Kier molecular flexibility index (Phi) is 20.9. The number of ether oxygens (including phenoxy) is 5. The number of aliphatic hydroxyl groups is 1. The Bertz CT molecular complexity index is 2500. The van der Waals surface area contributed by atoms with Gasteiger partial charge in [0, 0.05) is 84.8 Å². The maximum atomic E-state index is 12.6. The smallest absolute Gasteiger partial charge is 0.257 e. The van der Waals surface area contributed by atoms with Crippen molar-refractivity contribution in [2.45, 2.75) is 65.6 Å². The van der Waals surface area contributed by atoms with Gasteiger partial charge in [0.2, 0.25) is 11.9 Å². The number of aromatic nitrogens is 4. The molecule has 1 saturated carbocycles. The van der Waals surface area contributed by atoms with E-state index in [2.05, 4.69) is 46.0 Å². The molecule has 1 aromatic carbocycles. The summed E-state index contributed by atoms with van der Waals surface area (Å²) >= 11 is 1.40. The Labute approximate surface area is 430 Å². The minimum absolute atomic E-state index is 0.0434. The summed E-state index contributed by atoms with van der Waals surface area (Å²) in [5, 5.41) is 23.6. The van der Waals surface area contributed by atoms with Gasteiger partial charge in [-0.15, -0.1) is 11.3 Å². The van der Waals surface area contributed by atoms with Crippen molar-refractivity contribution in [3.63, 3.8) is 0 Å². The van der Waals surface area contributed by atoms with Gasteiger partial charge in [0.15, 0.2) is 17.1 Å². The number of allylic oxidation sites excluding steroid dienone is 1. The highest BCUT2D eigenvalue weighted by molar-refractivity contribution is 7.15. The number of hydrogen-bond donors (Lipinski definition) is 5. The van der Waals surface area contributed by atoms with E-state index in [1.165, 1.54) is 18.3 Å². The minimum Gasteiger partial charge on any atom is -0.377 e. The lowest BCUT2D eigenvalue weighted by molar-refractivity contribution is -0.122. The molecule has 0 bridgehead atoms. The molecule has 1 atom stereocenters. The molecule has 22 heteroatoms. The summed E-state index contributed by atoms with van der Waals surface area (Å²) in [4.78, 5) is 75.8. The number of thiazole rings is 1. The van der Waals surface area contributed by atoms with Gasteiger partial charge in [-0.3, -0.25) is 29.4 Å². The Morgan fingerprint density at radius 1 is 0.740 bits per heavy atom. The van der Waals surface area contributed by atoms with E-state index in [1.54, 1.807) is 37.5 Å². The molecule has 7 rings (SSSR count). The van der Waals surface area contributed by atoms with Crippen LogP contribution in [-0.4, -0.2) is 178 Å². The molecule has 1 saturated heterocycles. The number of hydrogen-bond acceptors (Lipinski definition) is 19. The number of carbonyl (C=O) groups excluding carboxylic acids is 4. The number of ketones is 1. The molecule has 5 heterocycles. The van der Waals surface area contributed by atoms with Crippen LogP contribution in [0.15, 0.2) is 54.5 Å². The summed E-state index contributed by atoms with van der Waals surface area (Å²) < 4.78 is 27.8. The number of nitrogens with zero attached hydrogens (tertiary/aromatic N) is 7. The van der Waals surface area contributed by atoms with Crippen LogP contribution in [0.4, 0.5) is 28.4 Å². The van der Waals surface area contributed by atoms with Crippen LogP contribution in [-0.2, 0) is 33.3 Å². The number of anilines is 5. The number of fused-ring (bicyclic) bond motifs is 1. The highest BCUT2D eigenvalue weighted by Gasteiger charge is 2.39. The average molecular weight is 1030 g/mol. The third-order valence-corrected chi connectivity index (χ3v) is 13.5. The van der Waals surface area contributed by atoms with Crippen LogP contribution in [0.2, 0.25) is 0 Å². The fraction of sp³-hybridized carbons (Fsp3) is 0.529. The SMILES string of the molecule is CC(=O)C1=C(C)c2cnc(Nc3ccc(N4CCN(CC(=O)NCCOCCOCCOCCOCCOCCNC(=O)c5ccc(C(=O)Nc6ncc(C)s6)c(C)c5)CC4)cn3)nc2N(C2CCCC2)C1O. The number of piperazine rings is 1. The van der Waals surface area contributed by atoms with Gasteiger partial charge in [-0.05, 0) is 82.0 Å². The molecule has 1 aliphatic carbocycles. The highest BCUT2D eigenvalue weighted by atomic mass is 32.1. The van der Waals surface area contributed by atoms with Crippen LogP contribution in [0, 0.1) is 13.8 Å². The number of aryl methyl sites for hydroxylation is 2. The number of nitrogens with one attached hydrogen (secondary N) is 4. The lowest BCUT2D eigenvalue weighted by Crippen LogP contribution is -2.49. The first-order valence-electron chi connectivity index (χ1n) is 25.0. The predicted molar refractivity (Wildman–Crippen MR) is 278 cm³/mol. The molecule has 3 aromatic heterocycles. The van der Waals surface area contributed by atoms with Crippen molar-refractivity contribution >= 4 is 68.8 Å². The van der Waals surface area contributed by atoms with Crippen molar-refractivity contribution in [3.8, 4) is 0 Å². The average Bonchev–Trinajstić information content (AvgIpc) is 4.06. The largest absolute Gasteiger partial charge is 0.377 e. The topological polar surface area (TPSA) is 244 Å². The third-order valence-electron chi connectivity index (χ3n) is 12.7. The summed E-state index contributed by atoms with van der Waals surface area (Å²) in [7, 11) is 0. The standard InChI is InChI=1S/C51H69N11O10S/c1-34-29-38(9-11-41(34)48(66)59-51-56-30-35(2)73-51)47(65)53-14-20-69-22-24-71-26-28-72-27-25-70-23-21-68-19-13-52-44(64)33-60-15-17-61(18-16-60)40-10-12-43(54-31-40)57-50-55-32-42-36(3)45(37(4)63)49(67)62(46(42)58-50)39-7-5-6-8-39/h9-12,29-32,39,49,67H,5-8,13-28,33H2,1-4H3,(H,52,64)(H,53,65)(H,56,59,66)(H,54,55,57,58). The monoisotopic (exact) mass is 1030 g/mol. The first-order chi connectivity index (χ1) is 35.4. The quantitative estimate of drug-likeness (QED) is 0.0502. The van der Waals surface area contributed by atoms with Gasteiger partial charge >= 0.3 is 0 Å². The van der Waals surface area contributed by atoms with Crippen LogP contribution in [0.25, 0.3) is 5.57 Å². The molecule has 1 unspecified atom stereocenters. The Morgan fingerprint density at radius 3 is 1.97 bits per heavy atom. The molecule has 4 aromatic rings. The second kappa shape index (κ2) is 27.9. The normalized spacial score (nSPS) is 16.2. The molecule has 3 amide bonds. The van der Waals surface area contributed by atoms with Crippen molar-refractivity contribution in [1.29, 1.82) is 0 Å². The van der Waals surface area contributed by atoms with Crippen molar-refractivity contribution in [2.75, 3.05) is 132 Å². The molecule has 394 valence electrons. The number of Topliss-reactive ketones (excluding diaryl/α,β-unsaturated/α-hetero) is 1. The van der Waals surface area contributed by atoms with E-state index in [0.717, 1.165) is 68.0 Å². The van der Waals surface area contributed by atoms with Gasteiger partial charge < -0.3 is 54.5 Å². The number of pyridine rings is 1. The molecule has 0 radical (unpaired) electrons. The van der Waals surface area contributed by atoms with Gasteiger partial charge in [-0.2, -0.15) is 4.98 Å². The zero-order chi connectivity index (χ0) is 51.5. The number of amides is 3. The zero-order valence-electron chi connectivity index (χ0n) is 42.3. The van der Waals surface area contributed by atoms with Gasteiger partial charge in [0.05, 0.1) is 84.5 Å². The lowest BCUT2D eigenvalue weighted by atomic mass is 9.93. The van der Waals surface area contributed by atoms with Crippen LogP contribution >= 0.6 is 11.3 Å². The molecule has 2 fully saturated rings. The van der Waals surface area contributed by atoms with Gasteiger partial charge in [0.1, 0.15) is 11.6 Å². The number of carbonyl (C=O) groups is 4. The van der Waals surface area contributed by atoms with Crippen LogP contribution in [0.5, 0.6) is 0 Å². The van der Waals surface area contributed by atoms with E-state index < -0.39 is 6.23 Å². The second-order valence-corrected chi connectivity index (χ2v) is 19.2. The highest BCUT2D eigenvalue weighted by Crippen LogP contribution is 2.41. The maximum Gasteiger partial charge on any atom is 0.257 e. The lowest BCUT2D eigenvalue weighted by Gasteiger charge is -2.40. The van der Waals surface area contributed by atoms with Crippen LogP contribution in [0.1, 0.15) is 76.3 Å². The van der Waals surface area contributed by atoms with E-state index in [-0.39, 0.29) is 29.5 Å². The molecular weight excluding hydrogens is 959 g/mol. The summed E-state index contributed by atoms with van der Waals surface area (Å²) in [5.74, 6) is 0.861. The second-order valence-electron chi connectivity index (χ2n) is 18.0. The summed E-state index contributed by atoms with van der Waals surface area (Å²) in [6.07, 6.45) is 8.19. The third kappa shape index (κ3) is 16.0. The fourth-order valence-electron chi connectivity index (χ4n) is 8.89. The predicted octanol–water partition coefficient (Wildman–Crippen LogP) is 4.14. The summed E-state index contributed by atoms with van der Waals surface area (Å²) in [6.45, 7) is 15.1. The number of aliphatic hydroxyl groups excluding tert-OH is 1. The summed E-state index contributed by atoms with van der Waals surface area (Å²) in [6, 6.07) is 8.94. The van der Waals surface area contributed by atoms with E-state index in [9.17, 15) is 24.3 Å².